The van der Waals surface area contributed by atoms with Crippen molar-refractivity contribution in [3.63, 3.8) is 0 Å². The lowest BCUT2D eigenvalue weighted by Gasteiger charge is -2.36. The third kappa shape index (κ3) is 8.43. The topological polar surface area (TPSA) is 84.9 Å². The summed E-state index contributed by atoms with van der Waals surface area (Å²) in [5, 5.41) is 3.38. The minimum absolute atomic E-state index is 0.00857. The Bertz CT molecular complexity index is 1760. The molecule has 1 N–H and O–H groups in total. The lowest BCUT2D eigenvalue weighted by molar-refractivity contribution is -0.134. The molecule has 0 saturated carbocycles. The number of cyclic esters (lactones) is 1. The van der Waals surface area contributed by atoms with Crippen LogP contribution in [-0.4, -0.2) is 37.6 Å². The van der Waals surface area contributed by atoms with Crippen molar-refractivity contribution in [1.29, 1.82) is 0 Å². The Morgan fingerprint density at radius 3 is 2.08 bits per heavy atom. The van der Waals surface area contributed by atoms with Crippen molar-refractivity contribution in [2.45, 2.75) is 63.8 Å². The minimum atomic E-state index is -2.15. The lowest BCUT2D eigenvalue weighted by atomic mass is 9.86. The molecule has 10 heteroatoms. The van der Waals surface area contributed by atoms with Crippen LogP contribution < -0.4 is 9.74 Å². The molecule has 5 rings (SSSR count). The van der Waals surface area contributed by atoms with Crippen LogP contribution in [0.2, 0.25) is 18.1 Å². The number of benzene rings is 4. The zero-order valence-corrected chi connectivity index (χ0v) is 29.4. The van der Waals surface area contributed by atoms with Crippen LogP contribution in [0.1, 0.15) is 67.2 Å². The number of hydrogen-bond donors (Lipinski definition) is 1. The number of hydrogen-bond acceptors (Lipinski definition) is 6. The molecule has 1 heterocycles. The van der Waals surface area contributed by atoms with Gasteiger partial charge in [0.2, 0.25) is 14.2 Å². The highest BCUT2D eigenvalue weighted by Gasteiger charge is 2.44. The van der Waals surface area contributed by atoms with E-state index >= 15 is 0 Å². The number of ketones is 1. The molecule has 1 saturated heterocycles. The monoisotopic (exact) mass is 684 g/mol. The van der Waals surface area contributed by atoms with E-state index in [1.54, 1.807) is 12.1 Å². The number of carbonyl (C=O) groups is 3. The normalized spacial score (nSPS) is 16.1. The van der Waals surface area contributed by atoms with Crippen LogP contribution in [-0.2, 0) is 9.53 Å². The van der Waals surface area contributed by atoms with Gasteiger partial charge in [-0.1, -0.05) is 63.2 Å². The van der Waals surface area contributed by atoms with E-state index in [2.05, 4.69) is 39.2 Å². The van der Waals surface area contributed by atoms with Gasteiger partial charge in [0.25, 0.3) is 0 Å². The molecule has 1 aliphatic heterocycles. The minimum Gasteiger partial charge on any atom is -0.544 e. The van der Waals surface area contributed by atoms with Crippen LogP contribution in [0, 0.1) is 17.6 Å². The van der Waals surface area contributed by atoms with Crippen LogP contribution in [0.25, 0.3) is 0 Å². The Labute approximate surface area is 287 Å². The lowest BCUT2D eigenvalue weighted by Crippen LogP contribution is -2.43. The molecule has 0 unspecified atom stereocenters. The molecular weight excluding hydrogens is 643 g/mol. The maximum absolute atomic E-state index is 14.7. The van der Waals surface area contributed by atoms with E-state index in [0.717, 1.165) is 10.5 Å². The fourth-order valence-electron chi connectivity index (χ4n) is 5.60. The Balaban J connectivity index is 1.55. The first-order valence-corrected chi connectivity index (χ1v) is 19.3. The smallest absolute Gasteiger partial charge is 0.417 e. The summed E-state index contributed by atoms with van der Waals surface area (Å²) in [5.74, 6) is -1.95. The number of Topliss-reactive ketones (excluding diaryl/α,β-unsaturated/α-hetero) is 1. The number of anilines is 1. The van der Waals surface area contributed by atoms with E-state index in [1.807, 2.05) is 54.6 Å². The van der Waals surface area contributed by atoms with Gasteiger partial charge in [0.1, 0.15) is 30.0 Å². The molecule has 4 aromatic carbocycles. The summed E-state index contributed by atoms with van der Waals surface area (Å²) in [5.41, 5.74) is 2.28. The summed E-state index contributed by atoms with van der Waals surface area (Å²) >= 11 is 0. The molecule has 1 aliphatic rings. The Morgan fingerprint density at radius 1 is 0.898 bits per heavy atom. The third-order valence-electron chi connectivity index (χ3n) is 9.45. The van der Waals surface area contributed by atoms with Crippen molar-refractivity contribution in [2.24, 2.45) is 5.92 Å². The van der Waals surface area contributed by atoms with Gasteiger partial charge in [-0.2, -0.15) is 0 Å². The predicted octanol–water partition coefficient (Wildman–Crippen LogP) is 9.50. The first-order chi connectivity index (χ1) is 23.2. The van der Waals surface area contributed by atoms with Crippen molar-refractivity contribution in [1.82, 2.24) is 4.90 Å². The van der Waals surface area contributed by atoms with Crippen molar-refractivity contribution in [3.05, 3.63) is 131 Å². The SMILES string of the molecule is CC(C)(C)[Si](C)(C)Oc1ccc([C@H](Nc2ccc(F)cc2)[C@H](CCC(=O)c2ccc(F)cc2)C(=O)N2C(=O)OC[C@@H]2c2ccccc2)cc1. The molecule has 3 atom stereocenters. The summed E-state index contributed by atoms with van der Waals surface area (Å²) in [4.78, 5) is 42.4. The molecule has 7 nitrogen and oxygen atoms in total. The number of imide groups is 1. The standard InChI is InChI=1S/C39H42F2N2O5Si/c1-39(2,3)49(4,5)48-32-21-13-28(14-22-32)36(42-31-19-17-30(41)18-20-31)33(23-24-35(44)27-11-15-29(40)16-12-27)37(45)43-34(25-47-38(43)46)26-9-7-6-8-10-26/h6-22,33-34,36,42H,23-25H2,1-5H3/t33-,34+,36-/m0/s1. The number of halogens is 2. The molecular formula is C39H42F2N2O5Si. The van der Waals surface area contributed by atoms with Crippen LogP contribution in [0.15, 0.2) is 103 Å². The van der Waals surface area contributed by atoms with Gasteiger partial charge in [-0.05, 0) is 96.3 Å². The summed E-state index contributed by atoms with van der Waals surface area (Å²) in [6.07, 6.45) is -0.788. The molecule has 0 spiro atoms. The highest BCUT2D eigenvalue weighted by Crippen LogP contribution is 2.40. The van der Waals surface area contributed by atoms with Crippen molar-refractivity contribution in [3.8, 4) is 5.75 Å². The average Bonchev–Trinajstić information content (AvgIpc) is 3.46. The fraction of sp³-hybridized carbons (Fsp3) is 0.308. The van der Waals surface area contributed by atoms with Gasteiger partial charge < -0.3 is 14.5 Å². The third-order valence-corrected chi connectivity index (χ3v) is 13.8. The summed E-state index contributed by atoms with van der Waals surface area (Å²) in [6.45, 7) is 10.8. The van der Waals surface area contributed by atoms with E-state index in [9.17, 15) is 23.2 Å². The van der Waals surface area contributed by atoms with Gasteiger partial charge in [0, 0.05) is 17.7 Å². The molecule has 1 fully saturated rings. The van der Waals surface area contributed by atoms with Gasteiger partial charge in [0.15, 0.2) is 5.78 Å². The van der Waals surface area contributed by atoms with E-state index in [-0.39, 0.29) is 30.3 Å². The van der Waals surface area contributed by atoms with Crippen LogP contribution in [0.3, 0.4) is 0 Å². The van der Waals surface area contributed by atoms with Crippen molar-refractivity contribution >= 4 is 31.8 Å². The largest absolute Gasteiger partial charge is 0.544 e. The molecule has 49 heavy (non-hydrogen) atoms. The van der Waals surface area contributed by atoms with E-state index in [1.165, 1.54) is 36.4 Å². The second-order valence-electron chi connectivity index (χ2n) is 13.8. The van der Waals surface area contributed by atoms with Crippen molar-refractivity contribution < 1.29 is 32.3 Å². The highest BCUT2D eigenvalue weighted by atomic mass is 28.4. The highest BCUT2D eigenvalue weighted by molar-refractivity contribution is 6.74. The van der Waals surface area contributed by atoms with Gasteiger partial charge >= 0.3 is 6.09 Å². The molecule has 0 radical (unpaired) electrons. The average molecular weight is 685 g/mol. The zero-order chi connectivity index (χ0) is 35.3. The fourth-order valence-corrected chi connectivity index (χ4v) is 6.63. The maximum Gasteiger partial charge on any atom is 0.417 e. The van der Waals surface area contributed by atoms with E-state index < -0.39 is 50.0 Å². The van der Waals surface area contributed by atoms with Crippen LogP contribution in [0.5, 0.6) is 5.75 Å². The Kier molecular flexibility index (Phi) is 10.7. The number of nitrogens with one attached hydrogen (secondary N) is 1. The Morgan fingerprint density at radius 2 is 1.49 bits per heavy atom. The van der Waals surface area contributed by atoms with Gasteiger partial charge in [0.05, 0.1) is 12.0 Å². The number of nitrogens with zero attached hydrogens (tertiary/aromatic N) is 1. The number of ether oxygens (including phenoxy) is 1. The van der Waals surface area contributed by atoms with Gasteiger partial charge in [-0.15, -0.1) is 0 Å². The zero-order valence-electron chi connectivity index (χ0n) is 28.4. The first-order valence-electron chi connectivity index (χ1n) is 16.4. The molecule has 0 aromatic heterocycles. The predicted molar refractivity (Wildman–Crippen MR) is 188 cm³/mol. The quantitative estimate of drug-likeness (QED) is 0.118. The summed E-state index contributed by atoms with van der Waals surface area (Å²) < 4.78 is 39.5. The number of rotatable bonds is 12. The first kappa shape index (κ1) is 35.5. The molecule has 0 bridgehead atoms. The van der Waals surface area contributed by atoms with E-state index in [0.29, 0.717) is 22.6 Å². The van der Waals surface area contributed by atoms with E-state index in [4.69, 9.17) is 9.16 Å². The number of amides is 2. The molecule has 4 aromatic rings. The second kappa shape index (κ2) is 14.7. The van der Waals surface area contributed by atoms with Crippen LogP contribution in [0.4, 0.5) is 19.3 Å². The summed E-state index contributed by atoms with van der Waals surface area (Å²) in [6, 6.07) is 26.2. The number of carbonyl (C=O) groups excluding carboxylic acids is 3. The van der Waals surface area contributed by atoms with Crippen LogP contribution >= 0.6 is 0 Å². The maximum atomic E-state index is 14.7. The molecule has 0 aliphatic carbocycles. The molecule has 2 amide bonds. The second-order valence-corrected chi connectivity index (χ2v) is 18.6. The van der Waals surface area contributed by atoms with Gasteiger partial charge in [-0.3, -0.25) is 9.59 Å². The van der Waals surface area contributed by atoms with Crippen molar-refractivity contribution in [2.75, 3.05) is 11.9 Å². The Hall–Kier alpha value is -4.83. The molecule has 256 valence electrons. The van der Waals surface area contributed by atoms with Gasteiger partial charge in [-0.25, -0.2) is 18.5 Å². The summed E-state index contributed by atoms with van der Waals surface area (Å²) in [7, 11) is -2.15.